The van der Waals surface area contributed by atoms with Crippen molar-refractivity contribution in [2.24, 2.45) is 11.1 Å². The molecule has 11 heavy (non-hydrogen) atoms. The van der Waals surface area contributed by atoms with Gasteiger partial charge in [0.05, 0.1) is 0 Å². The fraction of sp³-hybridized carbons (Fsp3) is 0.714. The molecule has 0 fully saturated rings. The van der Waals surface area contributed by atoms with Gasteiger partial charge in [-0.3, -0.25) is 9.59 Å². The molecule has 0 aliphatic heterocycles. The van der Waals surface area contributed by atoms with Crippen LogP contribution in [0.5, 0.6) is 0 Å². The molecule has 0 bridgehead atoms. The summed E-state index contributed by atoms with van der Waals surface area (Å²) in [5.74, 6) is -1.73. The van der Waals surface area contributed by atoms with E-state index in [0.29, 0.717) is 0 Å². The number of carbonyl (C=O) groups is 2. The number of hydrogen-bond acceptors (Lipinski definition) is 3. The van der Waals surface area contributed by atoms with Crippen molar-refractivity contribution in [3.05, 3.63) is 0 Å². The predicted octanol–water partition coefficient (Wildman–Crippen LogP) is 0.0135. The van der Waals surface area contributed by atoms with Gasteiger partial charge in [-0.2, -0.15) is 0 Å². The van der Waals surface area contributed by atoms with Crippen molar-refractivity contribution in [1.29, 1.82) is 0 Å². The lowest BCUT2D eigenvalue weighted by molar-refractivity contribution is -0.144. The van der Waals surface area contributed by atoms with Crippen LogP contribution in [0.4, 0.5) is 0 Å². The van der Waals surface area contributed by atoms with Gasteiger partial charge >= 0.3 is 5.97 Å². The molecular weight excluding hydrogens is 146 g/mol. The average Bonchev–Trinajstić information content (AvgIpc) is 1.82. The molecule has 0 amide bonds. The van der Waals surface area contributed by atoms with Crippen molar-refractivity contribution in [3.63, 3.8) is 0 Å². The second-order valence-corrected chi connectivity index (χ2v) is 3.43. The molecule has 1 atom stereocenters. The Kier molecular flexibility index (Phi) is 2.76. The van der Waals surface area contributed by atoms with Gasteiger partial charge in [-0.1, -0.05) is 20.8 Å². The van der Waals surface area contributed by atoms with Gasteiger partial charge in [0.1, 0.15) is 0 Å². The molecule has 0 saturated heterocycles. The minimum absolute atomic E-state index is 0.454. The van der Waals surface area contributed by atoms with Crippen LogP contribution in [-0.2, 0) is 9.59 Å². The Balaban J connectivity index is 4.39. The van der Waals surface area contributed by atoms with E-state index in [2.05, 4.69) is 0 Å². The van der Waals surface area contributed by atoms with Crippen LogP contribution in [0.15, 0.2) is 0 Å². The zero-order chi connectivity index (χ0) is 9.23. The van der Waals surface area contributed by atoms with Crippen molar-refractivity contribution < 1.29 is 14.7 Å². The van der Waals surface area contributed by atoms with Crippen molar-refractivity contribution in [2.75, 3.05) is 0 Å². The van der Waals surface area contributed by atoms with Crippen LogP contribution in [-0.4, -0.2) is 22.9 Å². The Morgan fingerprint density at radius 3 is 1.82 bits per heavy atom. The van der Waals surface area contributed by atoms with Crippen LogP contribution in [0.1, 0.15) is 20.8 Å². The normalized spacial score (nSPS) is 14.2. The van der Waals surface area contributed by atoms with E-state index in [1.165, 1.54) is 0 Å². The molecule has 0 aliphatic rings. The maximum absolute atomic E-state index is 11.1. The minimum Gasteiger partial charge on any atom is -0.480 e. The molecule has 0 rings (SSSR count). The quantitative estimate of drug-likeness (QED) is 0.556. The molecule has 3 N–H and O–H groups in total. The molecule has 0 spiro atoms. The van der Waals surface area contributed by atoms with Gasteiger partial charge in [0.2, 0.25) is 0 Å². The number of nitrogens with two attached hydrogens (primary N) is 1. The third-order valence-corrected chi connectivity index (χ3v) is 1.29. The predicted molar refractivity (Wildman–Crippen MR) is 40.1 cm³/mol. The number of rotatable bonds is 2. The molecule has 0 aliphatic carbocycles. The number of ketones is 1. The third kappa shape index (κ3) is 2.67. The van der Waals surface area contributed by atoms with Crippen molar-refractivity contribution in [2.45, 2.75) is 26.8 Å². The van der Waals surface area contributed by atoms with Gasteiger partial charge in [0.25, 0.3) is 0 Å². The van der Waals surface area contributed by atoms with Gasteiger partial charge in [-0.25, -0.2) is 0 Å². The number of hydrogen-bond donors (Lipinski definition) is 2. The zero-order valence-electron chi connectivity index (χ0n) is 6.92. The number of carboxylic acid groups (broad SMARTS) is 1. The zero-order valence-corrected chi connectivity index (χ0v) is 6.92. The van der Waals surface area contributed by atoms with E-state index in [9.17, 15) is 9.59 Å². The first-order valence-electron chi connectivity index (χ1n) is 3.29. The van der Waals surface area contributed by atoms with Crippen LogP contribution in [0.3, 0.4) is 0 Å². The second-order valence-electron chi connectivity index (χ2n) is 3.43. The first kappa shape index (κ1) is 10.1. The fourth-order valence-electron chi connectivity index (χ4n) is 0.579. The fourth-order valence-corrected chi connectivity index (χ4v) is 0.579. The van der Waals surface area contributed by atoms with Crippen molar-refractivity contribution in [3.8, 4) is 0 Å². The van der Waals surface area contributed by atoms with Crippen LogP contribution in [0, 0.1) is 5.41 Å². The SMILES string of the molecule is CC(C)(C)C(=O)[C@@H](N)C(=O)O. The maximum atomic E-state index is 11.1. The smallest absolute Gasteiger partial charge is 0.328 e. The average molecular weight is 159 g/mol. The van der Waals surface area contributed by atoms with Gasteiger partial charge in [-0.05, 0) is 0 Å². The lowest BCUT2D eigenvalue weighted by Crippen LogP contribution is -2.44. The summed E-state index contributed by atoms with van der Waals surface area (Å²) in [5, 5.41) is 8.37. The molecule has 0 unspecified atom stereocenters. The number of aliphatic carboxylic acids is 1. The van der Waals surface area contributed by atoms with Gasteiger partial charge < -0.3 is 10.8 Å². The van der Waals surface area contributed by atoms with E-state index in [-0.39, 0.29) is 0 Å². The lowest BCUT2D eigenvalue weighted by atomic mass is 9.87. The minimum atomic E-state index is -1.39. The van der Waals surface area contributed by atoms with E-state index in [1.54, 1.807) is 20.8 Å². The van der Waals surface area contributed by atoms with Crippen molar-refractivity contribution in [1.82, 2.24) is 0 Å². The Morgan fingerprint density at radius 1 is 1.36 bits per heavy atom. The highest BCUT2D eigenvalue weighted by atomic mass is 16.4. The number of carbonyl (C=O) groups excluding carboxylic acids is 1. The number of carboxylic acids is 1. The first-order valence-corrected chi connectivity index (χ1v) is 3.29. The summed E-state index contributed by atoms with van der Waals surface area (Å²) < 4.78 is 0. The summed E-state index contributed by atoms with van der Waals surface area (Å²) in [7, 11) is 0. The van der Waals surface area contributed by atoms with E-state index in [4.69, 9.17) is 10.8 Å². The topological polar surface area (TPSA) is 80.4 Å². The molecule has 64 valence electrons. The lowest BCUT2D eigenvalue weighted by Gasteiger charge is -2.18. The van der Waals surface area contributed by atoms with Crippen molar-refractivity contribution >= 4 is 11.8 Å². The third-order valence-electron chi connectivity index (χ3n) is 1.29. The molecule has 0 aromatic carbocycles. The van der Waals surface area contributed by atoms with Crippen LogP contribution in [0.25, 0.3) is 0 Å². The van der Waals surface area contributed by atoms with Crippen LogP contribution >= 0.6 is 0 Å². The summed E-state index contributed by atoms with van der Waals surface area (Å²) in [5.41, 5.74) is 4.41. The first-order chi connectivity index (χ1) is 4.76. The molecular formula is C7H13NO3. The number of Topliss-reactive ketones (excluding diaryl/α,β-unsaturated/α-hetero) is 1. The van der Waals surface area contributed by atoms with Crippen LogP contribution in [0.2, 0.25) is 0 Å². The Hall–Kier alpha value is -0.900. The highest BCUT2D eigenvalue weighted by Gasteiger charge is 2.31. The summed E-state index contributed by atoms with van der Waals surface area (Å²) in [6.07, 6.45) is 0. The summed E-state index contributed by atoms with van der Waals surface area (Å²) in [4.78, 5) is 21.3. The summed E-state index contributed by atoms with van der Waals surface area (Å²) in [6, 6.07) is -1.39. The van der Waals surface area contributed by atoms with E-state index < -0.39 is 23.2 Å². The second kappa shape index (κ2) is 3.00. The molecule has 0 saturated carbocycles. The van der Waals surface area contributed by atoms with E-state index >= 15 is 0 Å². The van der Waals surface area contributed by atoms with Gasteiger partial charge in [0, 0.05) is 5.41 Å². The Morgan fingerprint density at radius 2 is 1.73 bits per heavy atom. The molecule has 0 aromatic rings. The highest BCUT2D eigenvalue weighted by Crippen LogP contribution is 2.15. The maximum Gasteiger partial charge on any atom is 0.328 e. The summed E-state index contributed by atoms with van der Waals surface area (Å²) >= 11 is 0. The Labute approximate surface area is 65.4 Å². The van der Waals surface area contributed by atoms with E-state index in [1.807, 2.05) is 0 Å². The van der Waals surface area contributed by atoms with Crippen LogP contribution < -0.4 is 5.73 Å². The Bertz CT molecular complexity index is 181. The van der Waals surface area contributed by atoms with Gasteiger partial charge in [-0.15, -0.1) is 0 Å². The largest absolute Gasteiger partial charge is 0.480 e. The standard InChI is InChI=1S/C7H13NO3/c1-7(2,3)5(9)4(8)6(10)11/h4H,8H2,1-3H3,(H,10,11)/t4-/m1/s1. The highest BCUT2D eigenvalue weighted by molar-refractivity contribution is 6.04. The molecule has 4 heteroatoms. The molecule has 0 heterocycles. The van der Waals surface area contributed by atoms with E-state index in [0.717, 1.165) is 0 Å². The molecule has 0 radical (unpaired) electrons. The molecule has 0 aromatic heterocycles. The summed E-state index contributed by atoms with van der Waals surface area (Å²) in [6.45, 7) is 4.91. The monoisotopic (exact) mass is 159 g/mol. The molecule has 4 nitrogen and oxygen atoms in total. The van der Waals surface area contributed by atoms with Gasteiger partial charge in [0.15, 0.2) is 11.8 Å².